The number of aryl methyl sites for hydroxylation is 1. The van der Waals surface area contributed by atoms with E-state index in [0.717, 1.165) is 28.8 Å². The monoisotopic (exact) mass is 474 g/mol. The molecule has 5 rings (SSSR count). The zero-order chi connectivity index (χ0) is 23.8. The van der Waals surface area contributed by atoms with E-state index in [9.17, 15) is 8.78 Å². The first kappa shape index (κ1) is 21.9. The number of allylic oxidation sites excluding steroid dienone is 1. The second-order valence-electron chi connectivity index (χ2n) is 8.02. The van der Waals surface area contributed by atoms with Crippen LogP contribution in [0.25, 0.3) is 17.0 Å². The first-order valence-corrected chi connectivity index (χ1v) is 11.1. The van der Waals surface area contributed by atoms with E-state index in [0.29, 0.717) is 33.8 Å². The second kappa shape index (κ2) is 8.79. The Hall–Kier alpha value is -3.91. The van der Waals surface area contributed by atoms with Crippen LogP contribution in [0.15, 0.2) is 83.0 Å². The molecule has 1 aliphatic heterocycles. The molecule has 0 bridgehead atoms. The van der Waals surface area contributed by atoms with Crippen LogP contribution >= 0.6 is 12.2 Å². The molecule has 8 heteroatoms. The first-order chi connectivity index (χ1) is 16.4. The molecule has 3 aromatic carbocycles. The molecule has 0 saturated heterocycles. The summed E-state index contributed by atoms with van der Waals surface area (Å²) in [5, 5.41) is 7.84. The molecule has 34 heavy (non-hydrogen) atoms. The van der Waals surface area contributed by atoms with Gasteiger partial charge in [0.1, 0.15) is 0 Å². The summed E-state index contributed by atoms with van der Waals surface area (Å²) in [5.41, 5.74) is 4.64. The minimum atomic E-state index is -0.959. The highest BCUT2D eigenvalue weighted by atomic mass is 32.1. The SMILES string of the molecule is CC1=C(c2nc(-c3ccc(C)cc3)no2)C(c2ccccc2)NC(=S)N1c1ccc(F)c(F)c1. The average Bonchev–Trinajstić information content (AvgIpc) is 3.31. The van der Waals surface area contributed by atoms with E-state index in [4.69, 9.17) is 16.7 Å². The average molecular weight is 475 g/mol. The Morgan fingerprint density at radius 2 is 1.68 bits per heavy atom. The molecule has 0 amide bonds. The highest BCUT2D eigenvalue weighted by molar-refractivity contribution is 7.80. The lowest BCUT2D eigenvalue weighted by Crippen LogP contribution is -2.46. The number of hydrogen-bond acceptors (Lipinski definition) is 4. The van der Waals surface area contributed by atoms with Crippen molar-refractivity contribution in [3.63, 3.8) is 0 Å². The predicted molar refractivity (Wildman–Crippen MR) is 131 cm³/mol. The molecule has 1 atom stereocenters. The maximum absolute atomic E-state index is 14.0. The molecular weight excluding hydrogens is 454 g/mol. The number of nitrogens with zero attached hydrogens (tertiary/aromatic N) is 3. The molecule has 1 aromatic heterocycles. The molecule has 170 valence electrons. The Bertz CT molecular complexity index is 1400. The van der Waals surface area contributed by atoms with Gasteiger partial charge in [-0.25, -0.2) is 8.78 Å². The van der Waals surface area contributed by atoms with Crippen LogP contribution in [0.1, 0.15) is 30.0 Å². The molecular formula is C26H20F2N4OS. The third-order valence-corrected chi connectivity index (χ3v) is 6.05. The summed E-state index contributed by atoms with van der Waals surface area (Å²) >= 11 is 5.63. The van der Waals surface area contributed by atoms with Crippen molar-refractivity contribution in [3.05, 3.63) is 107 Å². The van der Waals surface area contributed by atoms with E-state index in [2.05, 4.69) is 15.5 Å². The van der Waals surface area contributed by atoms with Crippen LogP contribution in [-0.2, 0) is 0 Å². The molecule has 1 N–H and O–H groups in total. The fourth-order valence-electron chi connectivity index (χ4n) is 4.00. The van der Waals surface area contributed by atoms with Gasteiger partial charge in [0.25, 0.3) is 5.89 Å². The lowest BCUT2D eigenvalue weighted by molar-refractivity contribution is 0.404. The topological polar surface area (TPSA) is 54.2 Å². The molecule has 5 nitrogen and oxygen atoms in total. The smallest absolute Gasteiger partial charge is 0.258 e. The van der Waals surface area contributed by atoms with Gasteiger partial charge in [-0.3, -0.25) is 4.90 Å². The Labute approximate surface area is 200 Å². The van der Waals surface area contributed by atoms with Gasteiger partial charge in [0.2, 0.25) is 5.82 Å². The van der Waals surface area contributed by atoms with E-state index >= 15 is 0 Å². The summed E-state index contributed by atoms with van der Waals surface area (Å²) in [5.74, 6) is -1.12. The van der Waals surface area contributed by atoms with Gasteiger partial charge in [-0.2, -0.15) is 4.98 Å². The number of thiocarbonyl (C=S) groups is 1. The van der Waals surface area contributed by atoms with Gasteiger partial charge in [-0.05, 0) is 43.8 Å². The van der Waals surface area contributed by atoms with Crippen molar-refractivity contribution in [1.29, 1.82) is 0 Å². The lowest BCUT2D eigenvalue weighted by atomic mass is 9.94. The number of anilines is 1. The van der Waals surface area contributed by atoms with Crippen LogP contribution < -0.4 is 10.2 Å². The summed E-state index contributed by atoms with van der Waals surface area (Å²) in [6.07, 6.45) is 0. The first-order valence-electron chi connectivity index (χ1n) is 10.6. The van der Waals surface area contributed by atoms with E-state index in [1.54, 1.807) is 4.90 Å². The molecule has 0 fully saturated rings. The van der Waals surface area contributed by atoms with Crippen molar-refractivity contribution < 1.29 is 13.3 Å². The fourth-order valence-corrected chi connectivity index (χ4v) is 4.36. The van der Waals surface area contributed by atoms with Gasteiger partial charge < -0.3 is 9.84 Å². The number of hydrogen-bond donors (Lipinski definition) is 1. The molecule has 0 spiro atoms. The molecule has 1 unspecified atom stereocenters. The quantitative estimate of drug-likeness (QED) is 0.356. The third kappa shape index (κ3) is 3.97. The van der Waals surface area contributed by atoms with Gasteiger partial charge in [-0.1, -0.05) is 65.3 Å². The van der Waals surface area contributed by atoms with Crippen molar-refractivity contribution in [2.45, 2.75) is 19.9 Å². The number of nitrogens with one attached hydrogen (secondary N) is 1. The van der Waals surface area contributed by atoms with E-state index in [1.165, 1.54) is 6.07 Å². The van der Waals surface area contributed by atoms with Gasteiger partial charge in [-0.15, -0.1) is 0 Å². The zero-order valence-electron chi connectivity index (χ0n) is 18.4. The van der Waals surface area contributed by atoms with E-state index in [-0.39, 0.29) is 6.04 Å². The van der Waals surface area contributed by atoms with Crippen molar-refractivity contribution in [3.8, 4) is 11.4 Å². The Morgan fingerprint density at radius 3 is 2.38 bits per heavy atom. The van der Waals surface area contributed by atoms with Crippen molar-refractivity contribution in [2.24, 2.45) is 0 Å². The van der Waals surface area contributed by atoms with Crippen LogP contribution in [0.2, 0.25) is 0 Å². The Morgan fingerprint density at radius 1 is 0.941 bits per heavy atom. The van der Waals surface area contributed by atoms with Gasteiger partial charge >= 0.3 is 0 Å². The Balaban J connectivity index is 1.65. The van der Waals surface area contributed by atoms with Gasteiger partial charge in [0.05, 0.1) is 17.3 Å². The minimum Gasteiger partial charge on any atom is -0.351 e. The van der Waals surface area contributed by atoms with Crippen LogP contribution in [0, 0.1) is 18.6 Å². The Kier molecular flexibility index (Phi) is 5.67. The molecule has 2 heterocycles. The number of benzene rings is 3. The lowest BCUT2D eigenvalue weighted by Gasteiger charge is -2.37. The van der Waals surface area contributed by atoms with Crippen LogP contribution in [0.3, 0.4) is 0 Å². The second-order valence-corrected chi connectivity index (χ2v) is 8.40. The molecule has 4 aromatic rings. The molecule has 0 radical (unpaired) electrons. The number of rotatable bonds is 4. The van der Waals surface area contributed by atoms with Crippen molar-refractivity contribution in [2.75, 3.05) is 4.90 Å². The van der Waals surface area contributed by atoms with E-state index < -0.39 is 11.6 Å². The maximum atomic E-state index is 14.0. The summed E-state index contributed by atoms with van der Waals surface area (Å²) in [7, 11) is 0. The standard InChI is InChI=1S/C26H20F2N4OS/c1-15-8-10-18(11-9-15)24-30-25(33-31-24)22-16(2)32(19-12-13-20(27)21(28)14-19)26(34)29-23(22)17-6-4-3-5-7-17/h3-14,23H,1-2H3,(H,29,34). The number of halogens is 2. The maximum Gasteiger partial charge on any atom is 0.258 e. The highest BCUT2D eigenvalue weighted by Gasteiger charge is 2.35. The summed E-state index contributed by atoms with van der Waals surface area (Å²) in [6.45, 7) is 3.85. The molecule has 0 aliphatic carbocycles. The van der Waals surface area contributed by atoms with Crippen LogP contribution in [-0.4, -0.2) is 15.3 Å². The minimum absolute atomic E-state index is 0.310. The van der Waals surface area contributed by atoms with Gasteiger partial charge in [0.15, 0.2) is 16.7 Å². The third-order valence-electron chi connectivity index (χ3n) is 5.75. The molecule has 1 aliphatic rings. The highest BCUT2D eigenvalue weighted by Crippen LogP contribution is 2.39. The van der Waals surface area contributed by atoms with Crippen molar-refractivity contribution >= 4 is 28.6 Å². The van der Waals surface area contributed by atoms with E-state index in [1.807, 2.05) is 68.4 Å². The van der Waals surface area contributed by atoms with Gasteiger partial charge in [0, 0.05) is 17.3 Å². The summed E-state index contributed by atoms with van der Waals surface area (Å²) in [6, 6.07) is 20.8. The zero-order valence-corrected chi connectivity index (χ0v) is 19.2. The normalized spacial score (nSPS) is 16.1. The fraction of sp³-hybridized carbons (Fsp3) is 0.115. The summed E-state index contributed by atoms with van der Waals surface area (Å²) < 4.78 is 33.3. The predicted octanol–water partition coefficient (Wildman–Crippen LogP) is 6.19. The largest absolute Gasteiger partial charge is 0.351 e. The van der Waals surface area contributed by atoms with Crippen LogP contribution in [0.5, 0.6) is 0 Å². The molecule has 0 saturated carbocycles. The summed E-state index contributed by atoms with van der Waals surface area (Å²) in [4.78, 5) is 6.31. The van der Waals surface area contributed by atoms with Crippen LogP contribution in [0.4, 0.5) is 14.5 Å². The number of aromatic nitrogens is 2. The van der Waals surface area contributed by atoms with Crippen molar-refractivity contribution in [1.82, 2.24) is 15.5 Å².